The lowest BCUT2D eigenvalue weighted by molar-refractivity contribution is -0.0800. The number of benzene rings is 1. The molecule has 1 saturated heterocycles. The summed E-state index contributed by atoms with van der Waals surface area (Å²) in [6, 6.07) is 7.63. The molecule has 1 aromatic carbocycles. The normalized spacial score (nSPS) is 29.3. The van der Waals surface area contributed by atoms with Crippen LogP contribution in [0.25, 0.3) is 0 Å². The van der Waals surface area contributed by atoms with Crippen LogP contribution in [0.4, 0.5) is 5.69 Å². The first-order chi connectivity index (χ1) is 8.50. The van der Waals surface area contributed by atoms with Crippen LogP contribution < -0.4 is 10.6 Å². The summed E-state index contributed by atoms with van der Waals surface area (Å²) in [5.41, 5.74) is 1.05. The molecule has 1 atom stereocenters. The van der Waals surface area contributed by atoms with Crippen molar-refractivity contribution in [3.05, 3.63) is 29.8 Å². The molecule has 0 aromatic heterocycles. The van der Waals surface area contributed by atoms with E-state index in [0.29, 0.717) is 12.2 Å². The van der Waals surface area contributed by atoms with Gasteiger partial charge in [-0.15, -0.1) is 0 Å². The summed E-state index contributed by atoms with van der Waals surface area (Å²) < 4.78 is 5.72. The van der Waals surface area contributed by atoms with Gasteiger partial charge in [0.2, 0.25) is 0 Å². The minimum Gasteiger partial charge on any atom is -0.375 e. The number of hydrogen-bond donors (Lipinski definition) is 2. The molecule has 96 valence electrons. The molecule has 1 aromatic rings. The molecule has 2 aliphatic heterocycles. The van der Waals surface area contributed by atoms with Crippen molar-refractivity contribution in [1.82, 2.24) is 5.32 Å². The maximum atomic E-state index is 12.2. The Balaban J connectivity index is 1.96. The molecular weight excluding hydrogens is 228 g/mol. The standard InChI is InChI=1S/C14H18N2O2/c1-13(2)9-14(7-8-18-13)15-11-6-4-3-5-10(11)12(17)16-14/h3-6,15H,7-9H2,1-2H3,(H,16,17)/t14-/m0/s1. The molecule has 2 N–H and O–H groups in total. The Morgan fingerprint density at radius 1 is 1.22 bits per heavy atom. The van der Waals surface area contributed by atoms with E-state index >= 15 is 0 Å². The van der Waals surface area contributed by atoms with Crippen LogP contribution in [-0.4, -0.2) is 23.8 Å². The summed E-state index contributed by atoms with van der Waals surface area (Å²) in [7, 11) is 0. The lowest BCUT2D eigenvalue weighted by Crippen LogP contribution is -2.63. The number of carbonyl (C=O) groups is 1. The summed E-state index contributed by atoms with van der Waals surface area (Å²) in [4.78, 5) is 12.2. The lowest BCUT2D eigenvalue weighted by Gasteiger charge is -2.48. The maximum Gasteiger partial charge on any atom is 0.255 e. The average Bonchev–Trinajstić information content (AvgIpc) is 2.27. The Morgan fingerprint density at radius 3 is 2.78 bits per heavy atom. The highest BCUT2D eigenvalue weighted by Gasteiger charge is 2.44. The van der Waals surface area contributed by atoms with Gasteiger partial charge < -0.3 is 15.4 Å². The summed E-state index contributed by atoms with van der Waals surface area (Å²) in [6.07, 6.45) is 1.55. The Labute approximate surface area is 107 Å². The van der Waals surface area contributed by atoms with Crippen LogP contribution in [0.3, 0.4) is 0 Å². The number of para-hydroxylation sites is 1. The van der Waals surface area contributed by atoms with Crippen molar-refractivity contribution in [3.63, 3.8) is 0 Å². The highest BCUT2D eigenvalue weighted by atomic mass is 16.5. The number of rotatable bonds is 0. The summed E-state index contributed by atoms with van der Waals surface area (Å²) >= 11 is 0. The summed E-state index contributed by atoms with van der Waals surface area (Å²) in [5, 5.41) is 6.60. The van der Waals surface area contributed by atoms with Gasteiger partial charge in [0.1, 0.15) is 5.66 Å². The van der Waals surface area contributed by atoms with E-state index in [9.17, 15) is 4.79 Å². The van der Waals surface area contributed by atoms with Gasteiger partial charge in [0.15, 0.2) is 0 Å². The number of amides is 1. The molecule has 1 amide bonds. The quantitative estimate of drug-likeness (QED) is 0.737. The average molecular weight is 246 g/mol. The highest BCUT2D eigenvalue weighted by molar-refractivity contribution is 6.02. The van der Waals surface area contributed by atoms with Crippen LogP contribution in [0, 0.1) is 0 Å². The van der Waals surface area contributed by atoms with Gasteiger partial charge in [0, 0.05) is 18.5 Å². The van der Waals surface area contributed by atoms with E-state index < -0.39 is 0 Å². The second-order valence-electron chi connectivity index (χ2n) is 5.74. The van der Waals surface area contributed by atoms with Crippen LogP contribution in [0.1, 0.15) is 37.0 Å². The van der Waals surface area contributed by atoms with Crippen LogP contribution >= 0.6 is 0 Å². The number of hydrogen-bond acceptors (Lipinski definition) is 3. The molecule has 4 nitrogen and oxygen atoms in total. The Morgan fingerprint density at radius 2 is 2.00 bits per heavy atom. The first kappa shape index (κ1) is 11.5. The zero-order valence-electron chi connectivity index (χ0n) is 10.7. The molecule has 2 heterocycles. The molecule has 1 fully saturated rings. The van der Waals surface area contributed by atoms with Crippen LogP contribution in [0.5, 0.6) is 0 Å². The van der Waals surface area contributed by atoms with Gasteiger partial charge in [0.25, 0.3) is 5.91 Å². The van der Waals surface area contributed by atoms with Crippen LogP contribution in [0.2, 0.25) is 0 Å². The Hall–Kier alpha value is -1.55. The minimum atomic E-state index is -0.368. The predicted octanol–water partition coefficient (Wildman–Crippen LogP) is 2.13. The zero-order chi connectivity index (χ0) is 12.8. The lowest BCUT2D eigenvalue weighted by atomic mass is 9.86. The van der Waals surface area contributed by atoms with E-state index in [1.165, 1.54) is 0 Å². The number of nitrogens with one attached hydrogen (secondary N) is 2. The number of anilines is 1. The van der Waals surface area contributed by atoms with Crippen LogP contribution in [0.15, 0.2) is 24.3 Å². The van der Waals surface area contributed by atoms with Crippen molar-refractivity contribution in [2.45, 2.75) is 38.0 Å². The fourth-order valence-electron chi connectivity index (χ4n) is 2.94. The Kier molecular flexibility index (Phi) is 2.38. The molecule has 18 heavy (non-hydrogen) atoms. The highest BCUT2D eigenvalue weighted by Crippen LogP contribution is 2.36. The third-order valence-electron chi connectivity index (χ3n) is 3.65. The smallest absolute Gasteiger partial charge is 0.255 e. The van der Waals surface area contributed by atoms with E-state index in [1.807, 2.05) is 24.3 Å². The fraction of sp³-hybridized carbons (Fsp3) is 0.500. The summed E-state index contributed by atoms with van der Waals surface area (Å²) in [5.74, 6) is 0.00190. The molecule has 4 heteroatoms. The van der Waals surface area contributed by atoms with Crippen molar-refractivity contribution in [1.29, 1.82) is 0 Å². The van der Waals surface area contributed by atoms with Gasteiger partial charge in [-0.05, 0) is 26.0 Å². The van der Waals surface area contributed by atoms with Gasteiger partial charge in [-0.1, -0.05) is 12.1 Å². The number of carbonyl (C=O) groups excluding carboxylic acids is 1. The van der Waals surface area contributed by atoms with Crippen molar-refractivity contribution in [2.24, 2.45) is 0 Å². The maximum absolute atomic E-state index is 12.2. The fourth-order valence-corrected chi connectivity index (χ4v) is 2.94. The van der Waals surface area contributed by atoms with E-state index in [-0.39, 0.29) is 17.2 Å². The third-order valence-corrected chi connectivity index (χ3v) is 3.65. The van der Waals surface area contributed by atoms with Gasteiger partial charge in [0.05, 0.1) is 17.8 Å². The number of ether oxygens (including phenoxy) is 1. The molecule has 3 rings (SSSR count). The molecule has 0 aliphatic carbocycles. The second-order valence-corrected chi connectivity index (χ2v) is 5.74. The monoisotopic (exact) mass is 246 g/mol. The third kappa shape index (κ3) is 1.86. The predicted molar refractivity (Wildman–Crippen MR) is 69.5 cm³/mol. The number of fused-ring (bicyclic) bond motifs is 1. The van der Waals surface area contributed by atoms with Gasteiger partial charge in [-0.25, -0.2) is 0 Å². The molecule has 0 unspecified atom stereocenters. The van der Waals surface area contributed by atoms with E-state index in [0.717, 1.165) is 18.5 Å². The first-order valence-corrected chi connectivity index (χ1v) is 6.33. The molecule has 1 spiro atoms. The van der Waals surface area contributed by atoms with Crippen LogP contribution in [-0.2, 0) is 4.74 Å². The SMILES string of the molecule is CC1(C)C[C@]2(CCO1)NC(=O)c1ccccc1N2. The van der Waals surface area contributed by atoms with E-state index in [4.69, 9.17) is 4.74 Å². The van der Waals surface area contributed by atoms with Crippen molar-refractivity contribution in [2.75, 3.05) is 11.9 Å². The van der Waals surface area contributed by atoms with E-state index in [1.54, 1.807) is 0 Å². The first-order valence-electron chi connectivity index (χ1n) is 6.33. The van der Waals surface area contributed by atoms with E-state index in [2.05, 4.69) is 24.5 Å². The van der Waals surface area contributed by atoms with Crippen molar-refractivity contribution >= 4 is 11.6 Å². The molecular formula is C14H18N2O2. The second kappa shape index (κ2) is 3.72. The molecule has 0 bridgehead atoms. The zero-order valence-corrected chi connectivity index (χ0v) is 10.7. The largest absolute Gasteiger partial charge is 0.375 e. The minimum absolute atomic E-state index is 0.00190. The summed E-state index contributed by atoms with van der Waals surface area (Å²) in [6.45, 7) is 4.77. The van der Waals surface area contributed by atoms with Crippen molar-refractivity contribution < 1.29 is 9.53 Å². The van der Waals surface area contributed by atoms with Gasteiger partial charge >= 0.3 is 0 Å². The molecule has 0 radical (unpaired) electrons. The van der Waals surface area contributed by atoms with Gasteiger partial charge in [-0.3, -0.25) is 4.79 Å². The molecule has 0 saturated carbocycles. The Bertz CT molecular complexity index is 498. The van der Waals surface area contributed by atoms with Crippen molar-refractivity contribution in [3.8, 4) is 0 Å². The van der Waals surface area contributed by atoms with Gasteiger partial charge in [-0.2, -0.15) is 0 Å². The molecule has 2 aliphatic rings. The topological polar surface area (TPSA) is 50.4 Å².